The molecular weight excluding hydrogens is 268 g/mol. The molecular formula is C10H12F2NO4S-. The number of nitrogens with zero attached hydrogens (tertiary/aromatic N) is 1. The topological polar surface area (TPSA) is 88.7 Å². The van der Waals surface area contributed by atoms with Crippen LogP contribution in [-0.2, 0) is 10.0 Å². The summed E-state index contributed by atoms with van der Waals surface area (Å²) in [7, 11) is -4.65. The highest BCUT2D eigenvalue weighted by molar-refractivity contribution is 7.94. The minimum Gasteiger partial charge on any atom is -0.535 e. The smallest absolute Gasteiger partial charge is 0.143 e. The second kappa shape index (κ2) is 5.27. The Labute approximate surface area is 103 Å². The van der Waals surface area contributed by atoms with E-state index in [4.69, 9.17) is 10.2 Å². The molecule has 18 heavy (non-hydrogen) atoms. The van der Waals surface area contributed by atoms with Crippen LogP contribution in [0.15, 0.2) is 23.1 Å². The van der Waals surface area contributed by atoms with E-state index in [9.17, 15) is 17.2 Å². The Bertz CT molecular complexity index is 508. The molecule has 0 spiro atoms. The van der Waals surface area contributed by atoms with E-state index in [0.29, 0.717) is 0 Å². The molecule has 1 rings (SSSR count). The van der Waals surface area contributed by atoms with Crippen LogP contribution in [0, 0.1) is 11.6 Å². The maximum atomic E-state index is 13.3. The van der Waals surface area contributed by atoms with Gasteiger partial charge in [-0.2, -0.15) is 0 Å². The lowest BCUT2D eigenvalue weighted by Crippen LogP contribution is -2.35. The standard InChI is InChI=1S/C10H12F2NO4S/c1-10(5-14,6-15)13-18(16,17)9-7(11)3-2-4-8(9)12/h2-4,14-15H,5-6H2,1H3/q-1. The van der Waals surface area contributed by atoms with E-state index in [2.05, 4.69) is 4.72 Å². The van der Waals surface area contributed by atoms with Crippen molar-refractivity contribution < 1.29 is 27.4 Å². The second-order valence-electron chi connectivity index (χ2n) is 3.93. The fourth-order valence-corrected chi connectivity index (χ4v) is 2.59. The van der Waals surface area contributed by atoms with E-state index in [0.717, 1.165) is 25.1 Å². The summed E-state index contributed by atoms with van der Waals surface area (Å²) in [4.78, 5) is -1.20. The predicted molar refractivity (Wildman–Crippen MR) is 59.5 cm³/mol. The fraction of sp³-hybridized carbons (Fsp3) is 0.400. The fourth-order valence-electron chi connectivity index (χ4n) is 1.17. The molecule has 0 unspecified atom stereocenters. The van der Waals surface area contributed by atoms with Crippen molar-refractivity contribution in [3.05, 3.63) is 34.6 Å². The Balaban J connectivity index is 3.23. The molecule has 0 fully saturated rings. The summed E-state index contributed by atoms with van der Waals surface area (Å²) in [6.45, 7) is -0.416. The van der Waals surface area contributed by atoms with Gasteiger partial charge in [0.25, 0.3) is 0 Å². The summed E-state index contributed by atoms with van der Waals surface area (Å²) in [5.74, 6) is -2.56. The summed E-state index contributed by atoms with van der Waals surface area (Å²) in [6, 6.07) is 2.57. The molecule has 0 saturated heterocycles. The van der Waals surface area contributed by atoms with E-state index in [1.54, 1.807) is 0 Å². The first kappa shape index (κ1) is 15.0. The molecule has 0 aliphatic heterocycles. The molecule has 1 aromatic carbocycles. The van der Waals surface area contributed by atoms with E-state index in [1.165, 1.54) is 0 Å². The number of hydrogen-bond acceptors (Lipinski definition) is 4. The Morgan fingerprint density at radius 3 is 2.06 bits per heavy atom. The molecule has 0 amide bonds. The Morgan fingerprint density at radius 2 is 1.67 bits per heavy atom. The van der Waals surface area contributed by atoms with Crippen LogP contribution in [0.4, 0.5) is 8.78 Å². The molecule has 0 saturated carbocycles. The van der Waals surface area contributed by atoms with Crippen LogP contribution in [0.25, 0.3) is 4.72 Å². The number of sulfonamides is 1. The van der Waals surface area contributed by atoms with Gasteiger partial charge in [0, 0.05) is 13.2 Å². The average molecular weight is 280 g/mol. The van der Waals surface area contributed by atoms with E-state index < -0.39 is 45.3 Å². The van der Waals surface area contributed by atoms with E-state index in [-0.39, 0.29) is 0 Å². The summed E-state index contributed by atoms with van der Waals surface area (Å²) in [5, 5.41) is 17.9. The van der Waals surface area contributed by atoms with Crippen LogP contribution in [-0.4, -0.2) is 37.4 Å². The molecule has 5 nitrogen and oxygen atoms in total. The van der Waals surface area contributed by atoms with Crippen LogP contribution in [0.1, 0.15) is 6.92 Å². The minimum atomic E-state index is -4.65. The summed E-state index contributed by atoms with van der Waals surface area (Å²) >= 11 is 0. The third kappa shape index (κ3) is 3.02. The third-order valence-electron chi connectivity index (χ3n) is 2.20. The number of aliphatic hydroxyl groups is 2. The third-order valence-corrected chi connectivity index (χ3v) is 3.79. The molecule has 0 aromatic heterocycles. The van der Waals surface area contributed by atoms with Crippen LogP contribution < -0.4 is 0 Å². The molecule has 2 N–H and O–H groups in total. The van der Waals surface area contributed by atoms with Crippen LogP contribution in [0.5, 0.6) is 0 Å². The van der Waals surface area contributed by atoms with Crippen molar-refractivity contribution in [3.8, 4) is 0 Å². The van der Waals surface area contributed by atoms with Crippen LogP contribution >= 0.6 is 0 Å². The van der Waals surface area contributed by atoms with Crippen LogP contribution in [0.2, 0.25) is 0 Å². The first-order valence-corrected chi connectivity index (χ1v) is 6.35. The maximum Gasteiger partial charge on any atom is 0.143 e. The predicted octanol–water partition coefficient (Wildman–Crippen LogP) is 0.771. The number of halogens is 2. The minimum absolute atomic E-state index is 0.778. The highest BCUT2D eigenvalue weighted by Crippen LogP contribution is 2.29. The van der Waals surface area contributed by atoms with Gasteiger partial charge in [-0.05, 0) is 12.1 Å². The first-order chi connectivity index (χ1) is 8.25. The van der Waals surface area contributed by atoms with Crippen molar-refractivity contribution >= 4 is 10.0 Å². The van der Waals surface area contributed by atoms with Gasteiger partial charge in [0.15, 0.2) is 0 Å². The average Bonchev–Trinajstić information content (AvgIpc) is 2.27. The molecule has 0 aliphatic carbocycles. The number of rotatable bonds is 5. The number of hydrogen-bond donors (Lipinski definition) is 2. The molecule has 1 aromatic rings. The van der Waals surface area contributed by atoms with Crippen molar-refractivity contribution in [1.29, 1.82) is 0 Å². The Kier molecular flexibility index (Phi) is 4.38. The zero-order valence-electron chi connectivity index (χ0n) is 9.47. The van der Waals surface area contributed by atoms with Gasteiger partial charge in [-0.1, -0.05) is 18.5 Å². The second-order valence-corrected chi connectivity index (χ2v) is 5.47. The van der Waals surface area contributed by atoms with Gasteiger partial charge in [-0.3, -0.25) is 0 Å². The molecule has 0 atom stereocenters. The first-order valence-electron chi connectivity index (χ1n) is 4.91. The SMILES string of the molecule is CC(CO)(CO)[N-]S(=O)(=O)c1c(F)cccc1F. The summed E-state index contributed by atoms with van der Waals surface area (Å²) in [6.07, 6.45) is 0. The molecule has 8 heteroatoms. The lowest BCUT2D eigenvalue weighted by atomic mass is 10.1. The van der Waals surface area contributed by atoms with E-state index in [1.807, 2.05) is 0 Å². The lowest BCUT2D eigenvalue weighted by Gasteiger charge is -2.39. The van der Waals surface area contributed by atoms with Crippen molar-refractivity contribution in [3.63, 3.8) is 0 Å². The molecule has 0 radical (unpaired) electrons. The zero-order chi connectivity index (χ0) is 14.0. The van der Waals surface area contributed by atoms with Gasteiger partial charge in [0.1, 0.15) is 26.6 Å². The van der Waals surface area contributed by atoms with Gasteiger partial charge in [-0.25, -0.2) is 17.2 Å². The highest BCUT2D eigenvalue weighted by Gasteiger charge is 2.22. The molecule has 102 valence electrons. The highest BCUT2D eigenvalue weighted by atomic mass is 32.2. The van der Waals surface area contributed by atoms with Gasteiger partial charge >= 0.3 is 0 Å². The Morgan fingerprint density at radius 1 is 1.22 bits per heavy atom. The van der Waals surface area contributed by atoms with Crippen molar-refractivity contribution in [2.45, 2.75) is 17.4 Å². The zero-order valence-corrected chi connectivity index (χ0v) is 10.3. The van der Waals surface area contributed by atoms with Crippen molar-refractivity contribution in [1.82, 2.24) is 0 Å². The van der Waals surface area contributed by atoms with Gasteiger partial charge in [-0.15, -0.1) is 0 Å². The van der Waals surface area contributed by atoms with Crippen LogP contribution in [0.3, 0.4) is 0 Å². The van der Waals surface area contributed by atoms with Crippen molar-refractivity contribution in [2.75, 3.05) is 13.2 Å². The summed E-state index contributed by atoms with van der Waals surface area (Å²) in [5.41, 5.74) is -1.73. The number of aliphatic hydroxyl groups excluding tert-OH is 2. The summed E-state index contributed by atoms with van der Waals surface area (Å²) < 4.78 is 53.3. The molecule has 0 bridgehead atoms. The largest absolute Gasteiger partial charge is 0.535 e. The number of benzene rings is 1. The quantitative estimate of drug-likeness (QED) is 0.833. The normalized spacial score (nSPS) is 12.7. The van der Waals surface area contributed by atoms with Crippen molar-refractivity contribution in [2.24, 2.45) is 0 Å². The lowest BCUT2D eigenvalue weighted by molar-refractivity contribution is 0.156. The van der Waals surface area contributed by atoms with Gasteiger partial charge in [0.2, 0.25) is 0 Å². The molecule has 0 aliphatic rings. The monoisotopic (exact) mass is 280 g/mol. The maximum absolute atomic E-state index is 13.3. The Hall–Kier alpha value is -1.09. The van der Waals surface area contributed by atoms with Gasteiger partial charge in [0.05, 0.1) is 0 Å². The molecule has 0 heterocycles. The van der Waals surface area contributed by atoms with E-state index >= 15 is 0 Å². The van der Waals surface area contributed by atoms with Gasteiger partial charge < -0.3 is 14.9 Å².